The zero-order valence-electron chi connectivity index (χ0n) is 12.7. The van der Waals surface area contributed by atoms with Gasteiger partial charge in [0.1, 0.15) is 0 Å². The van der Waals surface area contributed by atoms with E-state index in [1.165, 1.54) is 0 Å². The molecule has 0 saturated carbocycles. The van der Waals surface area contributed by atoms with Crippen LogP contribution < -0.4 is 5.32 Å². The monoisotopic (exact) mass is 277 g/mol. The van der Waals surface area contributed by atoms with Crippen LogP contribution in [0.15, 0.2) is 0 Å². The molecule has 0 fully saturated rings. The van der Waals surface area contributed by atoms with Gasteiger partial charge >= 0.3 is 0 Å². The molecule has 0 saturated heterocycles. The standard InChI is InChI=1S/C14H31NO4/c1-4-18-8-9-19-11-13(17)10-15-12-14(2,3)6-5-7-16/h13,15-17H,4-12H2,1-3H3. The molecule has 0 amide bonds. The van der Waals surface area contributed by atoms with Crippen LogP contribution in [0.3, 0.4) is 0 Å². The Labute approximate surface area is 117 Å². The molecule has 0 spiro atoms. The lowest BCUT2D eigenvalue weighted by molar-refractivity contribution is 0.00587. The number of hydrogen-bond donors (Lipinski definition) is 3. The summed E-state index contributed by atoms with van der Waals surface area (Å²) >= 11 is 0. The van der Waals surface area contributed by atoms with E-state index >= 15 is 0 Å². The summed E-state index contributed by atoms with van der Waals surface area (Å²) in [4.78, 5) is 0. The molecule has 0 radical (unpaired) electrons. The fraction of sp³-hybridized carbons (Fsp3) is 1.00. The second-order valence-corrected chi connectivity index (χ2v) is 5.55. The van der Waals surface area contributed by atoms with E-state index in [9.17, 15) is 5.11 Å². The summed E-state index contributed by atoms with van der Waals surface area (Å²) in [6.45, 7) is 9.95. The maximum Gasteiger partial charge on any atom is 0.0897 e. The summed E-state index contributed by atoms with van der Waals surface area (Å²) in [6, 6.07) is 0. The van der Waals surface area contributed by atoms with E-state index in [1.54, 1.807) is 0 Å². The summed E-state index contributed by atoms with van der Waals surface area (Å²) in [5, 5.41) is 21.8. The number of hydrogen-bond acceptors (Lipinski definition) is 5. The molecule has 1 atom stereocenters. The lowest BCUT2D eigenvalue weighted by atomic mass is 9.88. The summed E-state index contributed by atoms with van der Waals surface area (Å²) in [6.07, 6.45) is 1.30. The van der Waals surface area contributed by atoms with Crippen molar-refractivity contribution in [2.45, 2.75) is 39.7 Å². The van der Waals surface area contributed by atoms with Gasteiger partial charge in [-0.05, 0) is 25.2 Å². The molecule has 19 heavy (non-hydrogen) atoms. The number of aliphatic hydroxyl groups is 2. The van der Waals surface area contributed by atoms with Crippen molar-refractivity contribution in [2.24, 2.45) is 5.41 Å². The quantitative estimate of drug-likeness (QED) is 0.434. The Balaban J connectivity index is 3.48. The molecule has 0 aromatic heterocycles. The minimum absolute atomic E-state index is 0.137. The summed E-state index contributed by atoms with van der Waals surface area (Å²) in [7, 11) is 0. The molecule has 0 bridgehead atoms. The highest BCUT2D eigenvalue weighted by Crippen LogP contribution is 2.20. The largest absolute Gasteiger partial charge is 0.396 e. The van der Waals surface area contributed by atoms with Gasteiger partial charge in [-0.2, -0.15) is 0 Å². The summed E-state index contributed by atoms with van der Waals surface area (Å²) in [5.74, 6) is 0. The van der Waals surface area contributed by atoms with Crippen molar-refractivity contribution in [3.8, 4) is 0 Å². The van der Waals surface area contributed by atoms with Crippen LogP contribution in [0.5, 0.6) is 0 Å². The molecule has 0 aliphatic heterocycles. The first kappa shape index (κ1) is 18.8. The second-order valence-electron chi connectivity index (χ2n) is 5.55. The summed E-state index contributed by atoms with van der Waals surface area (Å²) in [5.41, 5.74) is 0.137. The van der Waals surface area contributed by atoms with Gasteiger partial charge < -0.3 is 25.0 Å². The van der Waals surface area contributed by atoms with Crippen LogP contribution in [0.2, 0.25) is 0 Å². The van der Waals surface area contributed by atoms with Crippen molar-refractivity contribution in [2.75, 3.05) is 46.1 Å². The maximum absolute atomic E-state index is 9.71. The van der Waals surface area contributed by atoms with Crippen molar-refractivity contribution in [1.82, 2.24) is 5.32 Å². The zero-order valence-corrected chi connectivity index (χ0v) is 12.7. The van der Waals surface area contributed by atoms with E-state index in [2.05, 4.69) is 19.2 Å². The van der Waals surface area contributed by atoms with Crippen molar-refractivity contribution < 1.29 is 19.7 Å². The third-order valence-corrected chi connectivity index (χ3v) is 2.88. The molecule has 0 aliphatic rings. The number of ether oxygens (including phenoxy) is 2. The lowest BCUT2D eigenvalue weighted by Gasteiger charge is -2.25. The third kappa shape index (κ3) is 12.6. The SMILES string of the molecule is CCOCCOCC(O)CNCC(C)(C)CCCO. The maximum atomic E-state index is 9.71. The topological polar surface area (TPSA) is 71.0 Å². The third-order valence-electron chi connectivity index (χ3n) is 2.88. The van der Waals surface area contributed by atoms with Gasteiger partial charge in [-0.15, -0.1) is 0 Å². The van der Waals surface area contributed by atoms with E-state index in [0.29, 0.717) is 33.0 Å². The molecule has 0 aromatic carbocycles. The molecule has 5 heteroatoms. The molecule has 1 unspecified atom stereocenters. The van der Waals surface area contributed by atoms with Crippen LogP contribution in [-0.2, 0) is 9.47 Å². The van der Waals surface area contributed by atoms with E-state index in [0.717, 1.165) is 19.4 Å². The number of nitrogens with one attached hydrogen (secondary N) is 1. The predicted molar refractivity (Wildman–Crippen MR) is 76.3 cm³/mol. The highest BCUT2D eigenvalue weighted by atomic mass is 16.5. The Bertz CT molecular complexity index is 200. The first-order valence-electron chi connectivity index (χ1n) is 7.17. The van der Waals surface area contributed by atoms with Gasteiger partial charge in [-0.1, -0.05) is 13.8 Å². The Kier molecular flexibility index (Phi) is 11.5. The molecule has 0 rings (SSSR count). The van der Waals surface area contributed by atoms with Gasteiger partial charge in [-0.25, -0.2) is 0 Å². The zero-order chi connectivity index (χ0) is 14.6. The molecule has 0 aliphatic carbocycles. The summed E-state index contributed by atoms with van der Waals surface area (Å²) < 4.78 is 10.4. The smallest absolute Gasteiger partial charge is 0.0897 e. The molecule has 5 nitrogen and oxygen atoms in total. The fourth-order valence-corrected chi connectivity index (χ4v) is 1.76. The Morgan fingerprint density at radius 1 is 1.21 bits per heavy atom. The van der Waals surface area contributed by atoms with E-state index in [1.807, 2.05) is 6.92 Å². The predicted octanol–water partition coefficient (Wildman–Crippen LogP) is 0.789. The Morgan fingerprint density at radius 2 is 1.89 bits per heavy atom. The highest BCUT2D eigenvalue weighted by Gasteiger charge is 2.17. The highest BCUT2D eigenvalue weighted by molar-refractivity contribution is 4.72. The van der Waals surface area contributed by atoms with E-state index in [4.69, 9.17) is 14.6 Å². The Hall–Kier alpha value is -0.200. The molecule has 0 heterocycles. The van der Waals surface area contributed by atoms with Crippen molar-refractivity contribution >= 4 is 0 Å². The molecule has 3 N–H and O–H groups in total. The van der Waals surface area contributed by atoms with Crippen LogP contribution in [0.4, 0.5) is 0 Å². The minimum Gasteiger partial charge on any atom is -0.396 e. The molecule has 116 valence electrons. The first-order chi connectivity index (χ1) is 9.02. The average molecular weight is 277 g/mol. The normalized spacial score (nSPS) is 13.7. The molecular weight excluding hydrogens is 246 g/mol. The van der Waals surface area contributed by atoms with Crippen LogP contribution in [0, 0.1) is 5.41 Å². The van der Waals surface area contributed by atoms with Gasteiger partial charge in [0.05, 0.1) is 25.9 Å². The minimum atomic E-state index is -0.490. The van der Waals surface area contributed by atoms with E-state index in [-0.39, 0.29) is 12.0 Å². The fourth-order valence-electron chi connectivity index (χ4n) is 1.76. The molecular formula is C14H31NO4. The number of aliphatic hydroxyl groups excluding tert-OH is 2. The van der Waals surface area contributed by atoms with Crippen molar-refractivity contribution in [3.63, 3.8) is 0 Å². The van der Waals surface area contributed by atoms with Crippen LogP contribution >= 0.6 is 0 Å². The van der Waals surface area contributed by atoms with Gasteiger partial charge in [0.2, 0.25) is 0 Å². The lowest BCUT2D eigenvalue weighted by Crippen LogP contribution is -2.36. The first-order valence-corrected chi connectivity index (χ1v) is 7.17. The van der Waals surface area contributed by atoms with Gasteiger partial charge in [0, 0.05) is 26.3 Å². The number of rotatable bonds is 13. The average Bonchev–Trinajstić information content (AvgIpc) is 2.36. The van der Waals surface area contributed by atoms with Crippen LogP contribution in [0.25, 0.3) is 0 Å². The Morgan fingerprint density at radius 3 is 2.53 bits per heavy atom. The van der Waals surface area contributed by atoms with Crippen LogP contribution in [0.1, 0.15) is 33.6 Å². The second kappa shape index (κ2) is 11.6. The van der Waals surface area contributed by atoms with Crippen molar-refractivity contribution in [1.29, 1.82) is 0 Å². The van der Waals surface area contributed by atoms with Crippen molar-refractivity contribution in [3.05, 3.63) is 0 Å². The van der Waals surface area contributed by atoms with E-state index < -0.39 is 6.10 Å². The van der Waals surface area contributed by atoms with Gasteiger partial charge in [0.25, 0.3) is 0 Å². The van der Waals surface area contributed by atoms with Gasteiger partial charge in [0.15, 0.2) is 0 Å². The van der Waals surface area contributed by atoms with Crippen LogP contribution in [-0.4, -0.2) is 62.4 Å². The molecule has 0 aromatic rings. The van der Waals surface area contributed by atoms with Gasteiger partial charge in [-0.3, -0.25) is 0 Å².